The highest BCUT2D eigenvalue weighted by Crippen LogP contribution is 2.17. The van der Waals surface area contributed by atoms with Crippen molar-refractivity contribution in [2.45, 2.75) is 32.9 Å². The van der Waals surface area contributed by atoms with Crippen LogP contribution in [0.1, 0.15) is 24.5 Å². The molecule has 0 saturated heterocycles. The van der Waals surface area contributed by atoms with Gasteiger partial charge in [-0.1, -0.05) is 61.5 Å². The Morgan fingerprint density at radius 2 is 1.73 bits per heavy atom. The molecule has 2 aromatic heterocycles. The van der Waals surface area contributed by atoms with Crippen LogP contribution in [0.15, 0.2) is 77.9 Å². The molecule has 30 heavy (non-hydrogen) atoms. The van der Waals surface area contributed by atoms with Crippen molar-refractivity contribution in [1.29, 1.82) is 0 Å². The van der Waals surface area contributed by atoms with Crippen molar-refractivity contribution in [3.05, 3.63) is 94.5 Å². The van der Waals surface area contributed by atoms with Crippen molar-refractivity contribution in [3.63, 3.8) is 0 Å². The maximum atomic E-state index is 12.8. The maximum Gasteiger partial charge on any atom is 0.276 e. The molecule has 0 bridgehead atoms. The van der Waals surface area contributed by atoms with Crippen LogP contribution >= 0.6 is 0 Å². The van der Waals surface area contributed by atoms with Gasteiger partial charge in [-0.3, -0.25) is 9.59 Å². The lowest BCUT2D eigenvalue weighted by atomic mass is 10.1. The van der Waals surface area contributed by atoms with Crippen LogP contribution in [0.2, 0.25) is 0 Å². The summed E-state index contributed by atoms with van der Waals surface area (Å²) in [5.74, 6) is -0.0835. The first kappa shape index (κ1) is 19.6. The Labute approximate surface area is 174 Å². The smallest absolute Gasteiger partial charge is 0.276 e. The van der Waals surface area contributed by atoms with Crippen LogP contribution in [0.25, 0.3) is 16.8 Å². The van der Waals surface area contributed by atoms with E-state index in [1.54, 1.807) is 27.5 Å². The Kier molecular flexibility index (Phi) is 5.75. The summed E-state index contributed by atoms with van der Waals surface area (Å²) in [6, 6.07) is 19.7. The molecule has 0 spiro atoms. The fraction of sp³-hybridized carbons (Fsp3) is 0.208. The van der Waals surface area contributed by atoms with Crippen molar-refractivity contribution in [1.82, 2.24) is 19.5 Å². The Morgan fingerprint density at radius 3 is 2.47 bits per heavy atom. The highest BCUT2D eigenvalue weighted by molar-refractivity contribution is 5.75. The number of nitrogens with one attached hydrogen (secondary N) is 1. The van der Waals surface area contributed by atoms with Gasteiger partial charge in [-0.2, -0.15) is 5.10 Å². The van der Waals surface area contributed by atoms with Gasteiger partial charge in [0.15, 0.2) is 0 Å². The highest BCUT2D eigenvalue weighted by Gasteiger charge is 2.10. The zero-order valence-electron chi connectivity index (χ0n) is 16.9. The van der Waals surface area contributed by atoms with Crippen LogP contribution in [-0.2, 0) is 24.3 Å². The minimum Gasteiger partial charge on any atom is -0.352 e. The quantitative estimate of drug-likeness (QED) is 0.517. The van der Waals surface area contributed by atoms with Gasteiger partial charge in [-0.25, -0.2) is 4.52 Å². The first-order valence-electron chi connectivity index (χ1n) is 10.1. The van der Waals surface area contributed by atoms with Crippen molar-refractivity contribution in [2.75, 3.05) is 0 Å². The Hall–Kier alpha value is -3.67. The highest BCUT2D eigenvalue weighted by atomic mass is 16.1. The Morgan fingerprint density at radius 1 is 1.00 bits per heavy atom. The number of aryl methyl sites for hydroxylation is 2. The molecule has 152 valence electrons. The van der Waals surface area contributed by atoms with Gasteiger partial charge in [0.05, 0.1) is 5.69 Å². The first-order valence-corrected chi connectivity index (χ1v) is 10.1. The lowest BCUT2D eigenvalue weighted by Crippen LogP contribution is -2.27. The van der Waals surface area contributed by atoms with E-state index in [9.17, 15) is 9.59 Å². The largest absolute Gasteiger partial charge is 0.352 e. The number of fused-ring (bicyclic) bond motifs is 1. The molecular formula is C24H24N4O2. The summed E-state index contributed by atoms with van der Waals surface area (Å²) < 4.78 is 3.14. The van der Waals surface area contributed by atoms with Gasteiger partial charge in [0, 0.05) is 37.5 Å². The maximum absolute atomic E-state index is 12.8. The molecule has 0 aliphatic heterocycles. The number of rotatable bonds is 7. The summed E-state index contributed by atoms with van der Waals surface area (Å²) in [5, 5.41) is 7.40. The van der Waals surface area contributed by atoms with E-state index in [-0.39, 0.29) is 17.9 Å². The summed E-state index contributed by atoms with van der Waals surface area (Å²) >= 11 is 0. The molecule has 0 unspecified atom stereocenters. The van der Waals surface area contributed by atoms with Gasteiger partial charge < -0.3 is 9.88 Å². The second-order valence-corrected chi connectivity index (χ2v) is 7.22. The average molecular weight is 400 g/mol. The van der Waals surface area contributed by atoms with Crippen LogP contribution in [0.3, 0.4) is 0 Å². The van der Waals surface area contributed by atoms with Crippen molar-refractivity contribution in [3.8, 4) is 11.3 Å². The number of amides is 1. The Balaban J connectivity index is 1.40. The summed E-state index contributed by atoms with van der Waals surface area (Å²) in [4.78, 5) is 25.0. The van der Waals surface area contributed by atoms with Crippen LogP contribution in [0.5, 0.6) is 0 Å². The molecule has 1 amide bonds. The molecule has 6 nitrogen and oxygen atoms in total. The number of nitrogens with zero attached hydrogens (tertiary/aromatic N) is 3. The molecule has 2 aromatic carbocycles. The number of aromatic nitrogens is 3. The van der Waals surface area contributed by atoms with Crippen LogP contribution in [0, 0.1) is 0 Å². The van der Waals surface area contributed by atoms with E-state index in [2.05, 4.69) is 29.5 Å². The molecule has 2 heterocycles. The van der Waals surface area contributed by atoms with E-state index < -0.39 is 0 Å². The number of hydrogen-bond donors (Lipinski definition) is 1. The van der Waals surface area contributed by atoms with E-state index in [0.717, 1.165) is 23.2 Å². The predicted octanol–water partition coefficient (Wildman–Crippen LogP) is 3.43. The molecule has 0 fully saturated rings. The van der Waals surface area contributed by atoms with Gasteiger partial charge in [0.1, 0.15) is 5.52 Å². The third kappa shape index (κ3) is 4.33. The lowest BCUT2D eigenvalue weighted by molar-refractivity contribution is -0.121. The zero-order valence-corrected chi connectivity index (χ0v) is 16.9. The second-order valence-electron chi connectivity index (χ2n) is 7.22. The van der Waals surface area contributed by atoms with E-state index in [1.807, 2.05) is 42.5 Å². The molecule has 0 atom stereocenters. The fourth-order valence-electron chi connectivity index (χ4n) is 3.36. The normalized spacial score (nSPS) is 11.0. The van der Waals surface area contributed by atoms with Gasteiger partial charge in [0.25, 0.3) is 5.56 Å². The minimum absolute atomic E-state index is 0.0835. The van der Waals surface area contributed by atoms with Crippen LogP contribution in [-0.4, -0.2) is 20.1 Å². The Bertz CT molecular complexity index is 1210. The number of benzene rings is 2. The van der Waals surface area contributed by atoms with Gasteiger partial charge in [0.2, 0.25) is 5.91 Å². The number of hydrogen-bond acceptors (Lipinski definition) is 3. The molecule has 4 rings (SSSR count). The summed E-state index contributed by atoms with van der Waals surface area (Å²) in [6.45, 7) is 2.92. The van der Waals surface area contributed by atoms with Gasteiger partial charge >= 0.3 is 0 Å². The summed E-state index contributed by atoms with van der Waals surface area (Å²) in [6.07, 6.45) is 4.66. The third-order valence-electron chi connectivity index (χ3n) is 5.17. The summed E-state index contributed by atoms with van der Waals surface area (Å²) in [7, 11) is 0. The van der Waals surface area contributed by atoms with E-state index in [1.165, 1.54) is 5.56 Å². The average Bonchev–Trinajstić information content (AvgIpc) is 3.23. The lowest BCUT2D eigenvalue weighted by Gasteiger charge is -2.08. The van der Waals surface area contributed by atoms with E-state index >= 15 is 0 Å². The standard InChI is InChI=1S/C24H24N4O2/c1-2-18-8-10-19(11-9-18)17-25-23(29)12-13-27-14-15-28-22(24(27)30)16-21(26-28)20-6-4-3-5-7-20/h3-11,14-16H,2,12-13,17H2,1H3,(H,25,29). The fourth-order valence-corrected chi connectivity index (χ4v) is 3.36. The van der Waals surface area contributed by atoms with E-state index in [0.29, 0.717) is 18.6 Å². The van der Waals surface area contributed by atoms with E-state index in [4.69, 9.17) is 0 Å². The second kappa shape index (κ2) is 8.78. The number of carbonyl (C=O) groups excluding carboxylic acids is 1. The summed E-state index contributed by atoms with van der Waals surface area (Å²) in [5.41, 5.74) is 4.38. The topological polar surface area (TPSA) is 68.4 Å². The molecule has 0 saturated carbocycles. The van der Waals surface area contributed by atoms with Crippen LogP contribution in [0.4, 0.5) is 0 Å². The predicted molar refractivity (Wildman–Crippen MR) is 117 cm³/mol. The minimum atomic E-state index is -0.157. The van der Waals surface area contributed by atoms with Crippen LogP contribution < -0.4 is 10.9 Å². The molecule has 1 N–H and O–H groups in total. The van der Waals surface area contributed by atoms with Gasteiger partial charge in [-0.15, -0.1) is 0 Å². The third-order valence-corrected chi connectivity index (χ3v) is 5.17. The molecule has 0 aliphatic rings. The SMILES string of the molecule is CCc1ccc(CNC(=O)CCn2ccn3nc(-c4ccccc4)cc3c2=O)cc1. The molecule has 0 radical (unpaired) electrons. The molecular weight excluding hydrogens is 376 g/mol. The van der Waals surface area contributed by atoms with Crippen molar-refractivity contribution < 1.29 is 4.79 Å². The van der Waals surface area contributed by atoms with Crippen molar-refractivity contribution >= 4 is 11.4 Å². The van der Waals surface area contributed by atoms with Crippen molar-refractivity contribution in [2.24, 2.45) is 0 Å². The monoisotopic (exact) mass is 400 g/mol. The van der Waals surface area contributed by atoms with Gasteiger partial charge in [-0.05, 0) is 23.6 Å². The number of carbonyl (C=O) groups is 1. The molecule has 6 heteroatoms. The molecule has 0 aliphatic carbocycles. The molecule has 4 aromatic rings. The zero-order chi connectivity index (χ0) is 20.9. The first-order chi connectivity index (χ1) is 14.6.